The SMILES string of the molecule is NC1=NC(c2cccc(Br)c2)(c2ccnc(N)c2)c2ccccc21. The second-order valence-electron chi connectivity index (χ2n) is 5.73. The molecule has 4 rings (SSSR count). The molecule has 1 atom stereocenters. The molecule has 0 saturated carbocycles. The van der Waals surface area contributed by atoms with Crippen LogP contribution in [0.4, 0.5) is 5.82 Å². The highest BCUT2D eigenvalue weighted by molar-refractivity contribution is 9.10. The number of fused-ring (bicyclic) bond motifs is 1. The molecule has 0 amide bonds. The molecule has 0 radical (unpaired) electrons. The number of anilines is 1. The summed E-state index contributed by atoms with van der Waals surface area (Å²) < 4.78 is 0.986. The molecule has 0 aliphatic carbocycles. The summed E-state index contributed by atoms with van der Waals surface area (Å²) in [5.74, 6) is 0.987. The number of hydrogen-bond donors (Lipinski definition) is 2. The Hall–Kier alpha value is -2.66. The summed E-state index contributed by atoms with van der Waals surface area (Å²) in [5, 5.41) is 0. The van der Waals surface area contributed by atoms with E-state index < -0.39 is 5.54 Å². The van der Waals surface area contributed by atoms with Gasteiger partial charge in [0, 0.05) is 16.2 Å². The van der Waals surface area contributed by atoms with Gasteiger partial charge in [0.1, 0.15) is 17.2 Å². The standard InChI is InChI=1S/C19H15BrN4/c20-14-5-3-4-12(10-14)19(13-8-9-23-17(21)11-13)16-7-2-1-6-15(16)18(22)24-19/h1-11H,(H2,21,23)(H2,22,24). The van der Waals surface area contributed by atoms with Gasteiger partial charge in [-0.25, -0.2) is 9.98 Å². The fourth-order valence-electron chi connectivity index (χ4n) is 3.32. The van der Waals surface area contributed by atoms with E-state index >= 15 is 0 Å². The van der Waals surface area contributed by atoms with E-state index in [1.165, 1.54) is 0 Å². The number of amidine groups is 1. The van der Waals surface area contributed by atoms with E-state index in [0.717, 1.165) is 26.7 Å². The number of rotatable bonds is 2. The lowest BCUT2D eigenvalue weighted by molar-refractivity contribution is 0.670. The van der Waals surface area contributed by atoms with Crippen molar-refractivity contribution in [3.8, 4) is 0 Å². The van der Waals surface area contributed by atoms with Crippen LogP contribution in [-0.4, -0.2) is 10.8 Å². The second-order valence-corrected chi connectivity index (χ2v) is 6.65. The summed E-state index contributed by atoms with van der Waals surface area (Å²) in [5.41, 5.74) is 15.5. The van der Waals surface area contributed by atoms with Crippen LogP contribution in [-0.2, 0) is 5.54 Å². The number of nitrogens with zero attached hydrogens (tertiary/aromatic N) is 2. The van der Waals surface area contributed by atoms with E-state index in [4.69, 9.17) is 16.5 Å². The van der Waals surface area contributed by atoms with Gasteiger partial charge >= 0.3 is 0 Å². The molecule has 1 aliphatic heterocycles. The lowest BCUT2D eigenvalue weighted by Crippen LogP contribution is -2.25. The van der Waals surface area contributed by atoms with Crippen molar-refractivity contribution in [1.82, 2.24) is 4.98 Å². The zero-order valence-electron chi connectivity index (χ0n) is 12.8. The Balaban J connectivity index is 2.10. The van der Waals surface area contributed by atoms with Crippen molar-refractivity contribution in [3.63, 3.8) is 0 Å². The molecule has 118 valence electrons. The van der Waals surface area contributed by atoms with Crippen molar-refractivity contribution in [2.24, 2.45) is 10.7 Å². The number of aliphatic imine (C=N–C) groups is 1. The molecule has 1 aromatic heterocycles. The molecule has 0 spiro atoms. The number of hydrogen-bond acceptors (Lipinski definition) is 4. The fourth-order valence-corrected chi connectivity index (χ4v) is 3.72. The van der Waals surface area contributed by atoms with E-state index in [1.807, 2.05) is 42.5 Å². The van der Waals surface area contributed by atoms with Crippen molar-refractivity contribution >= 4 is 27.6 Å². The number of nitrogens with two attached hydrogens (primary N) is 2. The largest absolute Gasteiger partial charge is 0.384 e. The molecule has 2 heterocycles. The van der Waals surface area contributed by atoms with Crippen molar-refractivity contribution < 1.29 is 0 Å². The summed E-state index contributed by atoms with van der Waals surface area (Å²) in [6.45, 7) is 0. The van der Waals surface area contributed by atoms with Crippen molar-refractivity contribution in [3.05, 3.63) is 93.6 Å². The molecule has 0 saturated heterocycles. The molecule has 1 aliphatic rings. The van der Waals surface area contributed by atoms with E-state index in [2.05, 4.69) is 39.1 Å². The molecule has 0 bridgehead atoms. The summed E-state index contributed by atoms with van der Waals surface area (Å²) >= 11 is 3.56. The Labute approximate surface area is 148 Å². The smallest absolute Gasteiger partial charge is 0.139 e. The summed E-state index contributed by atoms with van der Waals surface area (Å²) in [6, 6.07) is 20.0. The van der Waals surface area contributed by atoms with Gasteiger partial charge in [0.05, 0.1) is 0 Å². The maximum atomic E-state index is 6.26. The molecular formula is C19H15BrN4. The molecule has 4 nitrogen and oxygen atoms in total. The van der Waals surface area contributed by atoms with E-state index in [0.29, 0.717) is 11.7 Å². The predicted molar refractivity (Wildman–Crippen MR) is 99.8 cm³/mol. The quantitative estimate of drug-likeness (QED) is 0.716. The van der Waals surface area contributed by atoms with Crippen LogP contribution in [0, 0.1) is 0 Å². The van der Waals surface area contributed by atoms with Gasteiger partial charge in [0.2, 0.25) is 0 Å². The van der Waals surface area contributed by atoms with Crippen LogP contribution in [0.3, 0.4) is 0 Å². The molecule has 5 heteroatoms. The minimum Gasteiger partial charge on any atom is -0.384 e. The van der Waals surface area contributed by atoms with Gasteiger partial charge in [-0.1, -0.05) is 52.3 Å². The van der Waals surface area contributed by atoms with Crippen LogP contribution in [0.5, 0.6) is 0 Å². The average Bonchev–Trinajstić information content (AvgIpc) is 2.89. The van der Waals surface area contributed by atoms with Gasteiger partial charge < -0.3 is 11.5 Å². The van der Waals surface area contributed by atoms with Crippen LogP contribution >= 0.6 is 15.9 Å². The van der Waals surface area contributed by atoms with Crippen LogP contribution < -0.4 is 11.5 Å². The zero-order chi connectivity index (χ0) is 16.7. The van der Waals surface area contributed by atoms with Crippen LogP contribution in [0.2, 0.25) is 0 Å². The third-order valence-electron chi connectivity index (χ3n) is 4.32. The number of nitrogen functional groups attached to an aromatic ring is 1. The van der Waals surface area contributed by atoms with E-state index in [-0.39, 0.29) is 0 Å². The first-order valence-electron chi connectivity index (χ1n) is 7.54. The number of pyridine rings is 1. The Morgan fingerprint density at radius 3 is 2.46 bits per heavy atom. The minimum absolute atomic E-state index is 0.458. The maximum Gasteiger partial charge on any atom is 0.139 e. The first-order chi connectivity index (χ1) is 11.6. The Morgan fingerprint density at radius 2 is 1.67 bits per heavy atom. The van der Waals surface area contributed by atoms with Gasteiger partial charge in [0.25, 0.3) is 0 Å². The predicted octanol–water partition coefficient (Wildman–Crippen LogP) is 3.44. The molecule has 4 N–H and O–H groups in total. The van der Waals surface area contributed by atoms with Crippen molar-refractivity contribution in [1.29, 1.82) is 0 Å². The lowest BCUT2D eigenvalue weighted by Gasteiger charge is -2.29. The molecule has 0 fully saturated rings. The average molecular weight is 379 g/mol. The van der Waals surface area contributed by atoms with Gasteiger partial charge in [-0.3, -0.25) is 0 Å². The van der Waals surface area contributed by atoms with Gasteiger partial charge in [-0.15, -0.1) is 0 Å². The minimum atomic E-state index is -0.721. The van der Waals surface area contributed by atoms with Crippen LogP contribution in [0.1, 0.15) is 22.3 Å². The number of benzene rings is 2. The Bertz CT molecular complexity index is 919. The summed E-state index contributed by atoms with van der Waals surface area (Å²) in [6.07, 6.45) is 1.71. The lowest BCUT2D eigenvalue weighted by atomic mass is 9.78. The first kappa shape index (κ1) is 14.9. The van der Waals surface area contributed by atoms with Crippen molar-refractivity contribution in [2.45, 2.75) is 5.54 Å². The maximum absolute atomic E-state index is 6.26. The van der Waals surface area contributed by atoms with Gasteiger partial charge in [-0.05, 0) is 41.0 Å². The Morgan fingerprint density at radius 1 is 0.875 bits per heavy atom. The summed E-state index contributed by atoms with van der Waals surface area (Å²) in [4.78, 5) is 9.02. The molecule has 3 aromatic rings. The molecule has 1 unspecified atom stereocenters. The highest BCUT2D eigenvalue weighted by atomic mass is 79.9. The molecular weight excluding hydrogens is 364 g/mol. The Kier molecular flexibility index (Phi) is 3.39. The molecule has 2 aromatic carbocycles. The van der Waals surface area contributed by atoms with Crippen LogP contribution in [0.15, 0.2) is 76.3 Å². The first-order valence-corrected chi connectivity index (χ1v) is 8.34. The number of halogens is 1. The normalized spacial score (nSPS) is 19.0. The van der Waals surface area contributed by atoms with Gasteiger partial charge in [0.15, 0.2) is 0 Å². The molecule has 24 heavy (non-hydrogen) atoms. The van der Waals surface area contributed by atoms with E-state index in [1.54, 1.807) is 6.20 Å². The zero-order valence-corrected chi connectivity index (χ0v) is 14.4. The third kappa shape index (κ3) is 2.12. The van der Waals surface area contributed by atoms with Gasteiger partial charge in [-0.2, -0.15) is 0 Å². The topological polar surface area (TPSA) is 77.3 Å². The highest BCUT2D eigenvalue weighted by Gasteiger charge is 2.42. The summed E-state index contributed by atoms with van der Waals surface area (Å²) in [7, 11) is 0. The third-order valence-corrected chi connectivity index (χ3v) is 4.82. The second kappa shape index (κ2) is 5.46. The van der Waals surface area contributed by atoms with E-state index in [9.17, 15) is 0 Å². The van der Waals surface area contributed by atoms with Crippen LogP contribution in [0.25, 0.3) is 0 Å². The number of aromatic nitrogens is 1. The monoisotopic (exact) mass is 378 g/mol. The fraction of sp³-hybridized carbons (Fsp3) is 0.0526. The van der Waals surface area contributed by atoms with Crippen molar-refractivity contribution in [2.75, 3.05) is 5.73 Å². The highest BCUT2D eigenvalue weighted by Crippen LogP contribution is 2.46.